The van der Waals surface area contributed by atoms with E-state index in [2.05, 4.69) is 5.32 Å². The van der Waals surface area contributed by atoms with Gasteiger partial charge in [-0.1, -0.05) is 12.1 Å². The van der Waals surface area contributed by atoms with Gasteiger partial charge in [0.2, 0.25) is 0 Å². The van der Waals surface area contributed by atoms with Crippen LogP contribution in [0, 0.1) is 0 Å². The SMILES string of the molecule is COc1ccccc1Oc1ccc(N[C@@H]2C[C@H](C)OC2=O)cc1. The molecule has 0 unspecified atom stereocenters. The maximum Gasteiger partial charge on any atom is 0.328 e. The monoisotopic (exact) mass is 313 g/mol. The molecule has 2 atom stereocenters. The molecule has 1 fully saturated rings. The van der Waals surface area contributed by atoms with Crippen LogP contribution in [0.2, 0.25) is 0 Å². The Balaban J connectivity index is 1.66. The van der Waals surface area contributed by atoms with E-state index in [0.717, 1.165) is 5.69 Å². The molecular formula is C18H19NO4. The topological polar surface area (TPSA) is 56.8 Å². The first-order valence-electron chi connectivity index (χ1n) is 7.53. The zero-order chi connectivity index (χ0) is 16.2. The lowest BCUT2D eigenvalue weighted by atomic mass is 10.2. The van der Waals surface area contributed by atoms with Crippen LogP contribution < -0.4 is 14.8 Å². The van der Waals surface area contributed by atoms with Gasteiger partial charge in [-0.05, 0) is 43.3 Å². The smallest absolute Gasteiger partial charge is 0.328 e. The van der Waals surface area contributed by atoms with Gasteiger partial charge in [-0.3, -0.25) is 0 Å². The molecule has 120 valence electrons. The Hall–Kier alpha value is -2.69. The number of nitrogens with one attached hydrogen (secondary N) is 1. The number of para-hydroxylation sites is 2. The van der Waals surface area contributed by atoms with E-state index in [4.69, 9.17) is 14.2 Å². The largest absolute Gasteiger partial charge is 0.493 e. The quantitative estimate of drug-likeness (QED) is 0.855. The van der Waals surface area contributed by atoms with Crippen LogP contribution in [-0.4, -0.2) is 25.2 Å². The zero-order valence-electron chi connectivity index (χ0n) is 13.1. The second-order valence-electron chi connectivity index (χ2n) is 5.46. The van der Waals surface area contributed by atoms with Crippen molar-refractivity contribution >= 4 is 11.7 Å². The highest BCUT2D eigenvalue weighted by molar-refractivity contribution is 5.81. The number of anilines is 1. The molecule has 0 amide bonds. The summed E-state index contributed by atoms with van der Waals surface area (Å²) in [6.07, 6.45) is 0.645. The molecule has 0 aromatic heterocycles. The van der Waals surface area contributed by atoms with Gasteiger partial charge in [-0.25, -0.2) is 4.79 Å². The molecule has 1 saturated heterocycles. The number of carbonyl (C=O) groups excluding carboxylic acids is 1. The van der Waals surface area contributed by atoms with Crippen molar-refractivity contribution in [2.45, 2.75) is 25.5 Å². The average Bonchev–Trinajstić information content (AvgIpc) is 2.87. The van der Waals surface area contributed by atoms with Crippen LogP contribution >= 0.6 is 0 Å². The van der Waals surface area contributed by atoms with Gasteiger partial charge in [0, 0.05) is 12.1 Å². The number of benzene rings is 2. The predicted molar refractivity (Wildman–Crippen MR) is 87.1 cm³/mol. The fraction of sp³-hybridized carbons (Fsp3) is 0.278. The fourth-order valence-electron chi connectivity index (χ4n) is 2.53. The van der Waals surface area contributed by atoms with E-state index < -0.39 is 0 Å². The second kappa shape index (κ2) is 6.60. The Labute approximate surface area is 135 Å². The van der Waals surface area contributed by atoms with Gasteiger partial charge in [0.15, 0.2) is 11.5 Å². The molecule has 0 aliphatic carbocycles. The summed E-state index contributed by atoms with van der Waals surface area (Å²) >= 11 is 0. The standard InChI is InChI=1S/C18H19NO4/c1-12-11-15(18(20)22-12)19-13-7-9-14(10-8-13)23-17-6-4-3-5-16(17)21-2/h3-10,12,15,19H,11H2,1-2H3/t12-,15+/m0/s1. The van der Waals surface area contributed by atoms with Crippen LogP contribution in [0.1, 0.15) is 13.3 Å². The van der Waals surface area contributed by atoms with Gasteiger partial charge < -0.3 is 19.5 Å². The maximum atomic E-state index is 11.6. The van der Waals surface area contributed by atoms with Crippen molar-refractivity contribution in [2.24, 2.45) is 0 Å². The molecule has 2 aromatic rings. The number of methoxy groups -OCH3 is 1. The fourth-order valence-corrected chi connectivity index (χ4v) is 2.53. The average molecular weight is 313 g/mol. The first-order chi connectivity index (χ1) is 11.2. The summed E-state index contributed by atoms with van der Waals surface area (Å²) in [4.78, 5) is 11.6. The van der Waals surface area contributed by atoms with Gasteiger partial charge in [0.05, 0.1) is 7.11 Å². The van der Waals surface area contributed by atoms with E-state index >= 15 is 0 Å². The van der Waals surface area contributed by atoms with Crippen molar-refractivity contribution in [3.8, 4) is 17.2 Å². The third kappa shape index (κ3) is 3.56. The highest BCUT2D eigenvalue weighted by atomic mass is 16.6. The van der Waals surface area contributed by atoms with Gasteiger partial charge in [-0.15, -0.1) is 0 Å². The van der Waals surface area contributed by atoms with E-state index in [9.17, 15) is 4.79 Å². The number of esters is 1. The third-order valence-corrected chi connectivity index (χ3v) is 3.66. The molecule has 0 spiro atoms. The molecule has 1 heterocycles. The Morgan fingerprint density at radius 1 is 1.09 bits per heavy atom. The molecule has 23 heavy (non-hydrogen) atoms. The van der Waals surface area contributed by atoms with E-state index in [1.165, 1.54) is 0 Å². The number of hydrogen-bond donors (Lipinski definition) is 1. The maximum absolute atomic E-state index is 11.6. The van der Waals surface area contributed by atoms with Crippen LogP contribution in [0.4, 0.5) is 5.69 Å². The molecule has 1 aliphatic rings. The Kier molecular flexibility index (Phi) is 4.37. The minimum absolute atomic E-state index is 0.0341. The van der Waals surface area contributed by atoms with E-state index in [1.54, 1.807) is 7.11 Å². The molecule has 5 heteroatoms. The number of hydrogen-bond acceptors (Lipinski definition) is 5. The Morgan fingerprint density at radius 3 is 2.39 bits per heavy atom. The molecule has 0 bridgehead atoms. The molecule has 5 nitrogen and oxygen atoms in total. The lowest BCUT2D eigenvalue weighted by molar-refractivity contribution is -0.141. The summed E-state index contributed by atoms with van der Waals surface area (Å²) in [5.41, 5.74) is 0.855. The van der Waals surface area contributed by atoms with Crippen LogP contribution in [0.3, 0.4) is 0 Å². The van der Waals surface area contributed by atoms with Crippen LogP contribution in [0.15, 0.2) is 48.5 Å². The molecule has 0 saturated carbocycles. The highest BCUT2D eigenvalue weighted by Gasteiger charge is 2.31. The number of carbonyl (C=O) groups is 1. The zero-order valence-corrected chi connectivity index (χ0v) is 13.1. The summed E-state index contributed by atoms with van der Waals surface area (Å²) in [5.74, 6) is 1.83. The molecule has 2 aromatic carbocycles. The highest BCUT2D eigenvalue weighted by Crippen LogP contribution is 2.31. The molecule has 1 N–H and O–H groups in total. The number of cyclic esters (lactones) is 1. The normalized spacial score (nSPS) is 20.0. The van der Waals surface area contributed by atoms with Crippen molar-refractivity contribution in [1.29, 1.82) is 0 Å². The molecule has 1 aliphatic heterocycles. The van der Waals surface area contributed by atoms with Crippen molar-refractivity contribution < 1.29 is 19.0 Å². The van der Waals surface area contributed by atoms with E-state index in [1.807, 2.05) is 55.5 Å². The van der Waals surface area contributed by atoms with Crippen molar-refractivity contribution in [3.63, 3.8) is 0 Å². The number of ether oxygens (including phenoxy) is 3. The van der Waals surface area contributed by atoms with Crippen molar-refractivity contribution in [2.75, 3.05) is 12.4 Å². The molecular weight excluding hydrogens is 294 g/mol. The summed E-state index contributed by atoms with van der Waals surface area (Å²) in [6, 6.07) is 14.6. The van der Waals surface area contributed by atoms with Gasteiger partial charge in [0.1, 0.15) is 17.9 Å². The van der Waals surface area contributed by atoms with E-state index in [0.29, 0.717) is 23.7 Å². The summed E-state index contributed by atoms with van der Waals surface area (Å²) in [5, 5.41) is 3.18. The lowest BCUT2D eigenvalue weighted by Gasteiger charge is -2.12. The van der Waals surface area contributed by atoms with Gasteiger partial charge in [-0.2, -0.15) is 0 Å². The lowest BCUT2D eigenvalue weighted by Crippen LogP contribution is -2.24. The van der Waals surface area contributed by atoms with E-state index in [-0.39, 0.29) is 18.1 Å². The third-order valence-electron chi connectivity index (χ3n) is 3.66. The second-order valence-corrected chi connectivity index (χ2v) is 5.46. The summed E-state index contributed by atoms with van der Waals surface area (Å²) in [6.45, 7) is 1.89. The summed E-state index contributed by atoms with van der Waals surface area (Å²) < 4.78 is 16.2. The molecule has 0 radical (unpaired) electrons. The first kappa shape index (κ1) is 15.2. The van der Waals surface area contributed by atoms with Crippen molar-refractivity contribution in [3.05, 3.63) is 48.5 Å². The van der Waals surface area contributed by atoms with Crippen LogP contribution in [0.25, 0.3) is 0 Å². The van der Waals surface area contributed by atoms with Crippen molar-refractivity contribution in [1.82, 2.24) is 0 Å². The van der Waals surface area contributed by atoms with Crippen LogP contribution in [0.5, 0.6) is 17.2 Å². The summed E-state index contributed by atoms with van der Waals surface area (Å²) in [7, 11) is 1.61. The Bertz CT molecular complexity index is 684. The van der Waals surface area contributed by atoms with Gasteiger partial charge in [0.25, 0.3) is 0 Å². The molecule has 3 rings (SSSR count). The number of rotatable bonds is 5. The first-order valence-corrected chi connectivity index (χ1v) is 7.53. The van der Waals surface area contributed by atoms with Gasteiger partial charge >= 0.3 is 5.97 Å². The minimum atomic E-state index is -0.286. The Morgan fingerprint density at radius 2 is 1.78 bits per heavy atom. The minimum Gasteiger partial charge on any atom is -0.493 e. The predicted octanol–water partition coefficient (Wildman–Crippen LogP) is 3.60. The van der Waals surface area contributed by atoms with Crippen LogP contribution in [-0.2, 0) is 9.53 Å².